The Balaban J connectivity index is 1.87. The summed E-state index contributed by atoms with van der Waals surface area (Å²) in [6.45, 7) is 9.29. The van der Waals surface area contributed by atoms with Crippen LogP contribution in [0.3, 0.4) is 0 Å². The Morgan fingerprint density at radius 1 is 0.586 bits per heavy atom. The molecule has 1 aromatic rings. The van der Waals surface area contributed by atoms with Crippen LogP contribution >= 0.6 is 0 Å². The van der Waals surface area contributed by atoms with Gasteiger partial charge in [-0.25, -0.2) is 0 Å². The van der Waals surface area contributed by atoms with Crippen LogP contribution in [0.15, 0.2) is 30.3 Å². The molecular formula is C28H51N. The van der Waals surface area contributed by atoms with E-state index in [-0.39, 0.29) is 0 Å². The summed E-state index contributed by atoms with van der Waals surface area (Å²) in [6, 6.07) is 11.6. The Labute approximate surface area is 183 Å². The first-order valence-corrected chi connectivity index (χ1v) is 13.0. The van der Waals surface area contributed by atoms with E-state index in [0.29, 0.717) is 6.04 Å². The van der Waals surface area contributed by atoms with Crippen LogP contribution in [0, 0.1) is 0 Å². The third kappa shape index (κ3) is 15.7. The number of hydrogen-bond acceptors (Lipinski definition) is 1. The monoisotopic (exact) mass is 401 g/mol. The van der Waals surface area contributed by atoms with Crippen molar-refractivity contribution in [2.24, 2.45) is 0 Å². The second kappa shape index (κ2) is 19.2. The van der Waals surface area contributed by atoms with Crippen molar-refractivity contribution in [1.29, 1.82) is 0 Å². The van der Waals surface area contributed by atoms with Gasteiger partial charge in [-0.2, -0.15) is 0 Å². The molecular weight excluding hydrogens is 350 g/mol. The summed E-state index contributed by atoms with van der Waals surface area (Å²) < 4.78 is 0. The first kappa shape index (κ1) is 26.2. The zero-order valence-electron chi connectivity index (χ0n) is 20.1. The van der Waals surface area contributed by atoms with Gasteiger partial charge in [-0.15, -0.1) is 0 Å². The van der Waals surface area contributed by atoms with Gasteiger partial charge < -0.3 is 0 Å². The number of nitrogens with zero attached hydrogens (tertiary/aromatic N) is 1. The highest BCUT2D eigenvalue weighted by atomic mass is 15.1. The summed E-state index contributed by atoms with van der Waals surface area (Å²) >= 11 is 0. The van der Waals surface area contributed by atoms with Gasteiger partial charge in [0, 0.05) is 12.6 Å². The minimum Gasteiger partial charge on any atom is -0.297 e. The number of unbranched alkanes of at least 4 members (excludes halogenated alkanes) is 15. The van der Waals surface area contributed by atoms with Gasteiger partial charge in [0.2, 0.25) is 0 Å². The molecule has 0 radical (unpaired) electrons. The molecule has 0 N–H and O–H groups in total. The molecule has 0 aliphatic carbocycles. The first-order valence-electron chi connectivity index (χ1n) is 13.0. The van der Waals surface area contributed by atoms with Crippen LogP contribution in [0.25, 0.3) is 0 Å². The molecule has 0 saturated heterocycles. The van der Waals surface area contributed by atoms with Crippen molar-refractivity contribution in [3.63, 3.8) is 0 Å². The van der Waals surface area contributed by atoms with Crippen LogP contribution in [-0.4, -0.2) is 17.5 Å². The Morgan fingerprint density at radius 2 is 1.00 bits per heavy atom. The van der Waals surface area contributed by atoms with Crippen LogP contribution in [0.4, 0.5) is 0 Å². The molecule has 0 spiro atoms. The molecule has 0 amide bonds. The number of hydrogen-bond donors (Lipinski definition) is 0. The van der Waals surface area contributed by atoms with E-state index >= 15 is 0 Å². The molecule has 0 fully saturated rings. The van der Waals surface area contributed by atoms with Gasteiger partial charge in [-0.3, -0.25) is 4.90 Å². The third-order valence-corrected chi connectivity index (χ3v) is 6.26. The first-order chi connectivity index (χ1) is 14.2. The van der Waals surface area contributed by atoms with E-state index in [1.54, 1.807) is 0 Å². The molecule has 168 valence electrons. The molecule has 1 rings (SSSR count). The van der Waals surface area contributed by atoms with E-state index in [2.05, 4.69) is 56.0 Å². The van der Waals surface area contributed by atoms with E-state index in [0.717, 1.165) is 6.54 Å². The van der Waals surface area contributed by atoms with E-state index in [1.165, 1.54) is 115 Å². The Bertz CT molecular complexity index is 439. The van der Waals surface area contributed by atoms with Crippen LogP contribution in [0.2, 0.25) is 0 Å². The second-order valence-electron chi connectivity index (χ2n) is 9.35. The summed E-state index contributed by atoms with van der Waals surface area (Å²) in [5, 5.41) is 0. The number of rotatable bonds is 20. The summed E-state index contributed by atoms with van der Waals surface area (Å²) in [5.74, 6) is 0. The Hall–Kier alpha value is -0.820. The molecule has 0 aliphatic rings. The fraction of sp³-hybridized carbons (Fsp3) is 0.786. The lowest BCUT2D eigenvalue weighted by Gasteiger charge is -2.26. The summed E-state index contributed by atoms with van der Waals surface area (Å²) in [4.78, 5) is 2.62. The second-order valence-corrected chi connectivity index (χ2v) is 9.35. The average Bonchev–Trinajstić information content (AvgIpc) is 2.73. The Morgan fingerprint density at radius 3 is 1.41 bits per heavy atom. The van der Waals surface area contributed by atoms with Gasteiger partial charge in [-0.05, 0) is 32.4 Å². The van der Waals surface area contributed by atoms with Gasteiger partial charge in [0.1, 0.15) is 0 Å². The molecule has 1 aromatic carbocycles. The maximum atomic E-state index is 2.62. The topological polar surface area (TPSA) is 3.24 Å². The smallest absolute Gasteiger partial charge is 0.0236 e. The molecule has 0 saturated carbocycles. The molecule has 0 atom stereocenters. The summed E-state index contributed by atoms with van der Waals surface area (Å²) in [6.07, 6.45) is 23.1. The van der Waals surface area contributed by atoms with Gasteiger partial charge in [0.05, 0.1) is 0 Å². The SMILES string of the molecule is CCCCCCCCCCCCCCCCCCN(Cc1ccccc1)C(C)C. The standard InChI is InChI=1S/C28H51N/c1-4-5-6-7-8-9-10-11-12-13-14-15-16-17-18-22-25-29(27(2)3)26-28-23-20-19-21-24-28/h19-21,23-24,27H,4-18,22,25-26H2,1-3H3. The zero-order valence-corrected chi connectivity index (χ0v) is 20.1. The van der Waals surface area contributed by atoms with Gasteiger partial charge in [0.15, 0.2) is 0 Å². The van der Waals surface area contributed by atoms with Crippen molar-refractivity contribution in [3.8, 4) is 0 Å². The minimum absolute atomic E-state index is 0.631. The van der Waals surface area contributed by atoms with Gasteiger partial charge in [-0.1, -0.05) is 134 Å². The van der Waals surface area contributed by atoms with Crippen molar-refractivity contribution >= 4 is 0 Å². The van der Waals surface area contributed by atoms with E-state index < -0.39 is 0 Å². The molecule has 0 aromatic heterocycles. The minimum atomic E-state index is 0.631. The maximum Gasteiger partial charge on any atom is 0.0236 e. The molecule has 0 heterocycles. The normalized spacial score (nSPS) is 11.6. The third-order valence-electron chi connectivity index (χ3n) is 6.26. The van der Waals surface area contributed by atoms with Crippen molar-refractivity contribution < 1.29 is 0 Å². The van der Waals surface area contributed by atoms with Crippen molar-refractivity contribution in [2.75, 3.05) is 6.54 Å². The molecule has 1 nitrogen and oxygen atoms in total. The lowest BCUT2D eigenvalue weighted by Crippen LogP contribution is -2.31. The van der Waals surface area contributed by atoms with E-state index in [4.69, 9.17) is 0 Å². The van der Waals surface area contributed by atoms with Crippen LogP contribution in [0.1, 0.15) is 129 Å². The summed E-state index contributed by atoms with van der Waals surface area (Å²) in [7, 11) is 0. The Kier molecular flexibility index (Phi) is 17.3. The van der Waals surface area contributed by atoms with Gasteiger partial charge >= 0.3 is 0 Å². The lowest BCUT2D eigenvalue weighted by atomic mass is 10.0. The fourth-order valence-electron chi connectivity index (χ4n) is 4.20. The largest absolute Gasteiger partial charge is 0.297 e. The highest BCUT2D eigenvalue weighted by molar-refractivity contribution is 5.14. The van der Waals surface area contributed by atoms with Crippen molar-refractivity contribution in [1.82, 2.24) is 4.90 Å². The molecule has 29 heavy (non-hydrogen) atoms. The highest BCUT2D eigenvalue weighted by Crippen LogP contribution is 2.15. The predicted molar refractivity (Wildman–Crippen MR) is 132 cm³/mol. The molecule has 0 aliphatic heterocycles. The highest BCUT2D eigenvalue weighted by Gasteiger charge is 2.09. The maximum absolute atomic E-state index is 2.62. The molecule has 0 unspecified atom stereocenters. The van der Waals surface area contributed by atoms with Crippen molar-refractivity contribution in [2.45, 2.75) is 136 Å². The average molecular weight is 402 g/mol. The quantitative estimate of drug-likeness (QED) is 0.197. The molecule has 1 heteroatoms. The van der Waals surface area contributed by atoms with E-state index in [1.807, 2.05) is 0 Å². The van der Waals surface area contributed by atoms with Crippen LogP contribution in [0.5, 0.6) is 0 Å². The summed E-state index contributed by atoms with van der Waals surface area (Å²) in [5.41, 5.74) is 1.44. The van der Waals surface area contributed by atoms with Crippen LogP contribution < -0.4 is 0 Å². The number of benzene rings is 1. The fourth-order valence-corrected chi connectivity index (χ4v) is 4.20. The lowest BCUT2D eigenvalue weighted by molar-refractivity contribution is 0.208. The predicted octanol–water partition coefficient (Wildman–Crippen LogP) is 9.16. The zero-order chi connectivity index (χ0) is 21.0. The molecule has 0 bridgehead atoms. The van der Waals surface area contributed by atoms with E-state index in [9.17, 15) is 0 Å². The van der Waals surface area contributed by atoms with Gasteiger partial charge in [0.25, 0.3) is 0 Å². The van der Waals surface area contributed by atoms with Crippen molar-refractivity contribution in [3.05, 3.63) is 35.9 Å². The van der Waals surface area contributed by atoms with Crippen LogP contribution in [-0.2, 0) is 6.54 Å².